The zero-order valence-electron chi connectivity index (χ0n) is 11.8. The predicted octanol–water partition coefficient (Wildman–Crippen LogP) is 3.73. The van der Waals surface area contributed by atoms with Gasteiger partial charge < -0.3 is 10.2 Å². The molecule has 1 atom stereocenters. The Morgan fingerprint density at radius 3 is 2.71 bits per heavy atom. The van der Waals surface area contributed by atoms with Crippen LogP contribution in [0.4, 0.5) is 11.4 Å². The largest absolute Gasteiger partial charge is 0.359 e. The van der Waals surface area contributed by atoms with Gasteiger partial charge in [-0.3, -0.25) is 4.79 Å². The minimum Gasteiger partial charge on any atom is -0.359 e. The maximum Gasteiger partial charge on any atom is 0.243 e. The average Bonchev–Trinajstić information content (AvgIpc) is 2.78. The summed E-state index contributed by atoms with van der Waals surface area (Å²) in [6, 6.07) is 15.8. The third-order valence-electron chi connectivity index (χ3n) is 3.79. The van der Waals surface area contributed by atoms with Crippen LogP contribution in [0.3, 0.4) is 0 Å². The van der Waals surface area contributed by atoms with Gasteiger partial charge in [-0.15, -0.1) is 0 Å². The quantitative estimate of drug-likeness (QED) is 0.937. The Bertz CT molecular complexity index is 654. The number of carbonyl (C=O) groups excluding carboxylic acids is 1. The molecule has 4 heteroatoms. The van der Waals surface area contributed by atoms with E-state index < -0.39 is 0 Å². The Balaban J connectivity index is 1.69. The van der Waals surface area contributed by atoms with Crippen molar-refractivity contribution in [2.75, 3.05) is 16.8 Å². The van der Waals surface area contributed by atoms with Crippen LogP contribution in [0, 0.1) is 0 Å². The molecule has 0 aliphatic carbocycles. The van der Waals surface area contributed by atoms with E-state index in [0.29, 0.717) is 17.6 Å². The monoisotopic (exact) mass is 300 g/mol. The number of fused-ring (bicyclic) bond motifs is 1. The number of para-hydroxylation sites is 1. The van der Waals surface area contributed by atoms with Gasteiger partial charge in [-0.05, 0) is 49.2 Å². The molecule has 108 valence electrons. The van der Waals surface area contributed by atoms with Crippen LogP contribution in [0.5, 0.6) is 0 Å². The van der Waals surface area contributed by atoms with Crippen LogP contribution in [-0.4, -0.2) is 18.5 Å². The molecule has 1 N–H and O–H groups in total. The normalized spacial score (nSPS) is 16.7. The standard InChI is InChI=1S/C17H17ClN2O/c1-12-10-13-4-2-3-5-16(13)20(12)11-17(21)19-15-8-6-14(18)7-9-15/h2-9,12H,10-11H2,1H3,(H,19,21)/t12-/m1/s1. The molecular weight excluding hydrogens is 284 g/mol. The van der Waals surface area contributed by atoms with E-state index >= 15 is 0 Å². The fourth-order valence-corrected chi connectivity index (χ4v) is 2.88. The number of nitrogens with zero attached hydrogens (tertiary/aromatic N) is 1. The number of amides is 1. The van der Waals surface area contributed by atoms with Crippen molar-refractivity contribution in [2.24, 2.45) is 0 Å². The number of hydrogen-bond acceptors (Lipinski definition) is 2. The predicted molar refractivity (Wildman–Crippen MR) is 87.0 cm³/mol. The molecule has 0 saturated heterocycles. The van der Waals surface area contributed by atoms with Crippen LogP contribution >= 0.6 is 11.6 Å². The van der Waals surface area contributed by atoms with Crippen LogP contribution < -0.4 is 10.2 Å². The Morgan fingerprint density at radius 1 is 1.24 bits per heavy atom. The van der Waals surface area contributed by atoms with Crippen LogP contribution in [0.1, 0.15) is 12.5 Å². The van der Waals surface area contributed by atoms with Gasteiger partial charge in [0.05, 0.1) is 6.54 Å². The Kier molecular flexibility index (Phi) is 3.84. The number of benzene rings is 2. The first-order chi connectivity index (χ1) is 10.1. The molecule has 1 heterocycles. The van der Waals surface area contributed by atoms with Gasteiger partial charge in [0.1, 0.15) is 0 Å². The summed E-state index contributed by atoms with van der Waals surface area (Å²) in [5.41, 5.74) is 3.24. The topological polar surface area (TPSA) is 32.3 Å². The maximum absolute atomic E-state index is 12.2. The van der Waals surface area contributed by atoms with Crippen LogP contribution in [0.25, 0.3) is 0 Å². The molecule has 2 aromatic carbocycles. The zero-order chi connectivity index (χ0) is 14.8. The van der Waals surface area contributed by atoms with Gasteiger partial charge in [0.2, 0.25) is 5.91 Å². The summed E-state index contributed by atoms with van der Waals surface area (Å²) >= 11 is 5.84. The number of hydrogen-bond donors (Lipinski definition) is 1. The van der Waals surface area contributed by atoms with E-state index in [2.05, 4.69) is 29.3 Å². The van der Waals surface area contributed by atoms with E-state index in [4.69, 9.17) is 11.6 Å². The van der Waals surface area contributed by atoms with Crippen molar-refractivity contribution in [3.8, 4) is 0 Å². The smallest absolute Gasteiger partial charge is 0.243 e. The fourth-order valence-electron chi connectivity index (χ4n) is 2.76. The molecule has 0 aromatic heterocycles. The van der Waals surface area contributed by atoms with Crippen molar-refractivity contribution in [1.82, 2.24) is 0 Å². The lowest BCUT2D eigenvalue weighted by molar-refractivity contribution is -0.115. The van der Waals surface area contributed by atoms with E-state index in [1.54, 1.807) is 12.1 Å². The summed E-state index contributed by atoms with van der Waals surface area (Å²) in [6.45, 7) is 2.51. The Morgan fingerprint density at radius 2 is 1.95 bits per heavy atom. The van der Waals surface area contributed by atoms with E-state index in [1.807, 2.05) is 24.3 Å². The molecule has 0 bridgehead atoms. The van der Waals surface area contributed by atoms with Gasteiger partial charge in [0.15, 0.2) is 0 Å². The van der Waals surface area contributed by atoms with Gasteiger partial charge in [-0.25, -0.2) is 0 Å². The summed E-state index contributed by atoms with van der Waals surface area (Å²) in [7, 11) is 0. The molecule has 0 unspecified atom stereocenters. The van der Waals surface area contributed by atoms with Crippen LogP contribution in [0.2, 0.25) is 5.02 Å². The van der Waals surface area contributed by atoms with Gasteiger partial charge in [0, 0.05) is 22.4 Å². The molecule has 3 nitrogen and oxygen atoms in total. The molecule has 0 spiro atoms. The Hall–Kier alpha value is -2.00. The lowest BCUT2D eigenvalue weighted by Gasteiger charge is -2.24. The summed E-state index contributed by atoms with van der Waals surface area (Å²) in [5.74, 6) is -0.0131. The second-order valence-electron chi connectivity index (χ2n) is 5.36. The number of halogens is 1. The highest BCUT2D eigenvalue weighted by Crippen LogP contribution is 2.31. The van der Waals surface area contributed by atoms with Gasteiger partial charge in [0.25, 0.3) is 0 Å². The number of rotatable bonds is 3. The van der Waals surface area contributed by atoms with Crippen molar-refractivity contribution in [1.29, 1.82) is 0 Å². The summed E-state index contributed by atoms with van der Waals surface area (Å²) < 4.78 is 0. The number of anilines is 2. The maximum atomic E-state index is 12.2. The average molecular weight is 301 g/mol. The van der Waals surface area contributed by atoms with E-state index in [1.165, 1.54) is 5.56 Å². The molecule has 21 heavy (non-hydrogen) atoms. The number of carbonyl (C=O) groups is 1. The molecule has 1 aliphatic heterocycles. The summed E-state index contributed by atoms with van der Waals surface area (Å²) in [5, 5.41) is 3.57. The molecule has 2 aromatic rings. The lowest BCUT2D eigenvalue weighted by Crippen LogP contribution is -2.37. The van der Waals surface area contributed by atoms with Crippen molar-refractivity contribution < 1.29 is 4.79 Å². The van der Waals surface area contributed by atoms with E-state index in [0.717, 1.165) is 17.8 Å². The zero-order valence-corrected chi connectivity index (χ0v) is 12.6. The van der Waals surface area contributed by atoms with Crippen LogP contribution in [0.15, 0.2) is 48.5 Å². The third-order valence-corrected chi connectivity index (χ3v) is 4.04. The SMILES string of the molecule is C[C@@H]1Cc2ccccc2N1CC(=O)Nc1ccc(Cl)cc1. The van der Waals surface area contributed by atoms with Crippen molar-refractivity contribution in [2.45, 2.75) is 19.4 Å². The molecule has 3 rings (SSSR count). The molecule has 1 amide bonds. The minimum absolute atomic E-state index is 0.0131. The van der Waals surface area contributed by atoms with Gasteiger partial charge in [-0.2, -0.15) is 0 Å². The highest BCUT2D eigenvalue weighted by molar-refractivity contribution is 6.30. The third kappa shape index (κ3) is 3.03. The van der Waals surface area contributed by atoms with E-state index in [9.17, 15) is 4.79 Å². The number of nitrogens with one attached hydrogen (secondary N) is 1. The highest BCUT2D eigenvalue weighted by atomic mass is 35.5. The first kappa shape index (κ1) is 14.0. The summed E-state index contributed by atoms with van der Waals surface area (Å²) in [4.78, 5) is 14.4. The van der Waals surface area contributed by atoms with Gasteiger partial charge >= 0.3 is 0 Å². The minimum atomic E-state index is -0.0131. The Labute approximate surface area is 129 Å². The van der Waals surface area contributed by atoms with Crippen molar-refractivity contribution in [3.05, 3.63) is 59.1 Å². The molecule has 0 saturated carbocycles. The first-order valence-electron chi connectivity index (χ1n) is 7.03. The van der Waals surface area contributed by atoms with E-state index in [-0.39, 0.29) is 5.91 Å². The molecule has 0 fully saturated rings. The first-order valence-corrected chi connectivity index (χ1v) is 7.41. The fraction of sp³-hybridized carbons (Fsp3) is 0.235. The van der Waals surface area contributed by atoms with Crippen molar-refractivity contribution >= 4 is 28.9 Å². The second kappa shape index (κ2) is 5.78. The lowest BCUT2D eigenvalue weighted by atomic mass is 10.1. The molecule has 1 aliphatic rings. The molecule has 0 radical (unpaired) electrons. The molecular formula is C17H17ClN2O. The van der Waals surface area contributed by atoms with Crippen LogP contribution in [-0.2, 0) is 11.2 Å². The summed E-state index contributed by atoms with van der Waals surface area (Å²) in [6.07, 6.45) is 0.990. The van der Waals surface area contributed by atoms with Crippen molar-refractivity contribution in [3.63, 3.8) is 0 Å². The second-order valence-corrected chi connectivity index (χ2v) is 5.80. The van der Waals surface area contributed by atoms with Gasteiger partial charge in [-0.1, -0.05) is 29.8 Å². The highest BCUT2D eigenvalue weighted by Gasteiger charge is 2.26.